The first-order chi connectivity index (χ1) is 8.27. The van der Waals surface area contributed by atoms with Crippen LogP contribution in [-0.2, 0) is 4.74 Å². The third kappa shape index (κ3) is 15.1. The quantitative estimate of drug-likeness (QED) is 0.233. The zero-order valence-corrected chi connectivity index (χ0v) is 10.6. The van der Waals surface area contributed by atoms with Crippen LogP contribution in [0, 0.1) is 0 Å². The van der Waals surface area contributed by atoms with Crippen molar-refractivity contribution in [3.63, 3.8) is 0 Å². The van der Waals surface area contributed by atoms with Crippen LogP contribution >= 0.6 is 0 Å². The van der Waals surface area contributed by atoms with Crippen molar-refractivity contribution in [2.45, 2.75) is 32.6 Å². The van der Waals surface area contributed by atoms with Crippen molar-refractivity contribution in [3.05, 3.63) is 0 Å². The molecule has 0 radical (unpaired) electrons. The molecule has 0 bridgehead atoms. The minimum Gasteiger partial charge on any atom is -0.450 e. The van der Waals surface area contributed by atoms with Gasteiger partial charge in [-0.25, -0.2) is 4.79 Å². The van der Waals surface area contributed by atoms with Crippen LogP contribution in [0.25, 0.3) is 0 Å². The average molecular weight is 247 g/mol. The van der Waals surface area contributed by atoms with E-state index in [0.717, 1.165) is 52.0 Å². The summed E-state index contributed by atoms with van der Waals surface area (Å²) in [4.78, 5) is 10.0. The van der Waals surface area contributed by atoms with Crippen LogP contribution in [0.3, 0.4) is 0 Å². The number of hydrogen-bond donors (Lipinski definition) is 4. The molecule has 0 rings (SSSR count). The summed E-state index contributed by atoms with van der Waals surface area (Å²) in [5, 5.41) is 17.7. The largest absolute Gasteiger partial charge is 0.507 e. The van der Waals surface area contributed by atoms with E-state index < -0.39 is 6.16 Å². The maximum absolute atomic E-state index is 10.0. The highest BCUT2D eigenvalue weighted by Gasteiger charge is 1.94. The Morgan fingerprint density at radius 2 is 1.71 bits per heavy atom. The molecule has 6 nitrogen and oxygen atoms in total. The minimum absolute atomic E-state index is 0.0779. The second-order valence-corrected chi connectivity index (χ2v) is 3.79. The highest BCUT2D eigenvalue weighted by molar-refractivity contribution is 5.56. The number of carbonyl (C=O) groups is 1. The smallest absolute Gasteiger partial charge is 0.450 e. The predicted octanol–water partition coefficient (Wildman–Crippen LogP) is 0.945. The fraction of sp³-hybridized carbons (Fsp3) is 0.909. The molecular formula is C11H25N3O3. The van der Waals surface area contributed by atoms with Gasteiger partial charge in [0.1, 0.15) is 6.73 Å². The van der Waals surface area contributed by atoms with Crippen LogP contribution < -0.4 is 16.0 Å². The molecule has 0 aliphatic rings. The van der Waals surface area contributed by atoms with Gasteiger partial charge >= 0.3 is 6.16 Å². The third-order valence-electron chi connectivity index (χ3n) is 2.18. The highest BCUT2D eigenvalue weighted by atomic mass is 16.7. The summed E-state index contributed by atoms with van der Waals surface area (Å²) in [6, 6.07) is 0. The van der Waals surface area contributed by atoms with Crippen LogP contribution in [-0.4, -0.2) is 44.3 Å². The molecule has 17 heavy (non-hydrogen) atoms. The van der Waals surface area contributed by atoms with Crippen molar-refractivity contribution in [1.82, 2.24) is 16.0 Å². The molecule has 0 aromatic carbocycles. The van der Waals surface area contributed by atoms with Crippen molar-refractivity contribution < 1.29 is 14.6 Å². The Balaban J connectivity index is 2.91. The van der Waals surface area contributed by atoms with E-state index in [0.29, 0.717) is 0 Å². The van der Waals surface area contributed by atoms with Crippen molar-refractivity contribution in [2.24, 2.45) is 0 Å². The Morgan fingerprint density at radius 3 is 2.35 bits per heavy atom. The molecule has 102 valence electrons. The van der Waals surface area contributed by atoms with Gasteiger partial charge in [0.05, 0.1) is 0 Å². The molecule has 0 heterocycles. The van der Waals surface area contributed by atoms with Gasteiger partial charge in [0.2, 0.25) is 0 Å². The summed E-state index contributed by atoms with van der Waals surface area (Å²) in [6.45, 7) is 5.96. The molecule has 0 saturated carbocycles. The van der Waals surface area contributed by atoms with Crippen LogP contribution in [0.5, 0.6) is 0 Å². The number of rotatable bonds is 12. The summed E-state index contributed by atoms with van der Waals surface area (Å²) >= 11 is 0. The normalized spacial score (nSPS) is 10.4. The molecule has 0 amide bonds. The lowest BCUT2D eigenvalue weighted by atomic mass is 10.2. The Labute approximate surface area is 103 Å². The van der Waals surface area contributed by atoms with E-state index in [4.69, 9.17) is 5.11 Å². The Hall–Kier alpha value is -0.850. The monoisotopic (exact) mass is 247 g/mol. The van der Waals surface area contributed by atoms with Crippen molar-refractivity contribution >= 4 is 6.16 Å². The van der Waals surface area contributed by atoms with Crippen molar-refractivity contribution in [3.8, 4) is 0 Å². The Morgan fingerprint density at radius 1 is 1.06 bits per heavy atom. The fourth-order valence-corrected chi connectivity index (χ4v) is 1.30. The number of carboxylic acid groups (broad SMARTS) is 1. The fourth-order valence-electron chi connectivity index (χ4n) is 1.30. The van der Waals surface area contributed by atoms with Gasteiger partial charge in [-0.05, 0) is 38.9 Å². The van der Waals surface area contributed by atoms with Gasteiger partial charge in [-0.1, -0.05) is 13.3 Å². The topological polar surface area (TPSA) is 82.6 Å². The molecule has 0 spiro atoms. The van der Waals surface area contributed by atoms with Gasteiger partial charge in [-0.15, -0.1) is 0 Å². The summed E-state index contributed by atoms with van der Waals surface area (Å²) in [5.41, 5.74) is 0. The van der Waals surface area contributed by atoms with Gasteiger partial charge in [-0.2, -0.15) is 0 Å². The van der Waals surface area contributed by atoms with Crippen LogP contribution in [0.15, 0.2) is 0 Å². The summed E-state index contributed by atoms with van der Waals surface area (Å²) in [7, 11) is 0. The Kier molecular flexibility index (Phi) is 12.6. The first kappa shape index (κ1) is 16.1. The molecule has 0 aromatic heterocycles. The average Bonchev–Trinajstić information content (AvgIpc) is 2.30. The molecular weight excluding hydrogens is 222 g/mol. The SMILES string of the molecule is CCCNCNCCCCCNCOC(=O)O. The molecule has 0 atom stereocenters. The van der Waals surface area contributed by atoms with Crippen LogP contribution in [0.1, 0.15) is 32.6 Å². The first-order valence-electron chi connectivity index (χ1n) is 6.25. The lowest BCUT2D eigenvalue weighted by molar-refractivity contribution is 0.0844. The van der Waals surface area contributed by atoms with E-state index in [-0.39, 0.29) is 6.73 Å². The van der Waals surface area contributed by atoms with Crippen LogP contribution in [0.2, 0.25) is 0 Å². The maximum atomic E-state index is 10.0. The number of ether oxygens (including phenoxy) is 1. The van der Waals surface area contributed by atoms with Gasteiger partial charge in [0, 0.05) is 6.67 Å². The minimum atomic E-state index is -1.23. The van der Waals surface area contributed by atoms with E-state index >= 15 is 0 Å². The molecule has 0 fully saturated rings. The van der Waals surface area contributed by atoms with E-state index in [1.54, 1.807) is 0 Å². The molecule has 0 aliphatic carbocycles. The molecule has 0 aromatic rings. The number of unbranched alkanes of at least 4 members (excludes halogenated alkanes) is 2. The van der Waals surface area contributed by atoms with Gasteiger partial charge < -0.3 is 20.5 Å². The zero-order valence-electron chi connectivity index (χ0n) is 10.6. The molecule has 0 unspecified atom stereocenters. The van der Waals surface area contributed by atoms with E-state index in [1.165, 1.54) is 0 Å². The van der Waals surface area contributed by atoms with Gasteiger partial charge in [-0.3, -0.25) is 5.32 Å². The second kappa shape index (κ2) is 13.2. The van der Waals surface area contributed by atoms with Gasteiger partial charge in [0.25, 0.3) is 0 Å². The summed E-state index contributed by atoms with van der Waals surface area (Å²) in [5.74, 6) is 0. The molecule has 0 aliphatic heterocycles. The van der Waals surface area contributed by atoms with Gasteiger partial charge in [0.15, 0.2) is 0 Å². The number of hydrogen-bond acceptors (Lipinski definition) is 5. The lowest BCUT2D eigenvalue weighted by Crippen LogP contribution is -2.30. The standard InChI is InChI=1S/C11H25N3O3/c1-2-6-12-9-13-7-4-3-5-8-14-10-17-11(15)16/h12-14H,2-10H2,1H3,(H,15,16). The molecule has 4 N–H and O–H groups in total. The zero-order chi connectivity index (χ0) is 12.8. The van der Waals surface area contributed by atoms with Crippen LogP contribution in [0.4, 0.5) is 4.79 Å². The molecule has 0 saturated heterocycles. The second-order valence-electron chi connectivity index (χ2n) is 3.79. The van der Waals surface area contributed by atoms with E-state index in [2.05, 4.69) is 27.6 Å². The molecule has 6 heteroatoms. The van der Waals surface area contributed by atoms with Crippen molar-refractivity contribution in [2.75, 3.05) is 33.0 Å². The van der Waals surface area contributed by atoms with E-state index in [9.17, 15) is 4.79 Å². The number of nitrogens with one attached hydrogen (secondary N) is 3. The lowest BCUT2D eigenvalue weighted by Gasteiger charge is -2.06. The van der Waals surface area contributed by atoms with Crippen molar-refractivity contribution in [1.29, 1.82) is 0 Å². The highest BCUT2D eigenvalue weighted by Crippen LogP contribution is 1.91. The van der Waals surface area contributed by atoms with E-state index in [1.807, 2.05) is 0 Å². The first-order valence-corrected chi connectivity index (χ1v) is 6.25. The summed E-state index contributed by atoms with van der Waals surface area (Å²) < 4.78 is 4.31. The Bertz CT molecular complexity index is 179. The summed E-state index contributed by atoms with van der Waals surface area (Å²) in [6.07, 6.45) is 3.22. The maximum Gasteiger partial charge on any atom is 0.507 e. The predicted molar refractivity (Wildman–Crippen MR) is 67.0 cm³/mol. The third-order valence-corrected chi connectivity index (χ3v) is 2.18.